The first-order valence-corrected chi connectivity index (χ1v) is 8.48. The predicted molar refractivity (Wildman–Crippen MR) is 95.0 cm³/mol. The van der Waals surface area contributed by atoms with Crippen molar-refractivity contribution in [3.05, 3.63) is 35.9 Å². The molecule has 0 aliphatic heterocycles. The van der Waals surface area contributed by atoms with E-state index in [9.17, 15) is 19.5 Å². The van der Waals surface area contributed by atoms with E-state index in [4.69, 9.17) is 5.21 Å². The topological polar surface area (TPSA) is 128 Å². The summed E-state index contributed by atoms with van der Waals surface area (Å²) in [5.41, 5.74) is 2.21. The van der Waals surface area contributed by atoms with Crippen molar-refractivity contribution in [2.45, 2.75) is 38.8 Å². The Kier molecular flexibility index (Phi) is 8.74. The van der Waals surface area contributed by atoms with Crippen LogP contribution in [0.5, 0.6) is 0 Å². The van der Waals surface area contributed by atoms with Crippen molar-refractivity contribution >= 4 is 17.7 Å². The first-order valence-electron chi connectivity index (χ1n) is 8.48. The summed E-state index contributed by atoms with van der Waals surface area (Å²) in [4.78, 5) is 36.3. The average molecular weight is 365 g/mol. The number of rotatable bonds is 9. The van der Waals surface area contributed by atoms with Crippen molar-refractivity contribution in [3.8, 4) is 0 Å². The van der Waals surface area contributed by atoms with Crippen molar-refractivity contribution in [3.63, 3.8) is 0 Å². The van der Waals surface area contributed by atoms with E-state index in [-0.39, 0.29) is 24.7 Å². The van der Waals surface area contributed by atoms with Crippen molar-refractivity contribution in [1.29, 1.82) is 0 Å². The molecule has 5 N–H and O–H groups in total. The number of amides is 3. The van der Waals surface area contributed by atoms with Crippen molar-refractivity contribution in [1.82, 2.24) is 16.1 Å². The molecule has 26 heavy (non-hydrogen) atoms. The van der Waals surface area contributed by atoms with Gasteiger partial charge in [0.25, 0.3) is 5.91 Å². The van der Waals surface area contributed by atoms with E-state index in [2.05, 4.69) is 10.6 Å². The van der Waals surface area contributed by atoms with E-state index in [0.29, 0.717) is 0 Å². The summed E-state index contributed by atoms with van der Waals surface area (Å²) in [6, 6.07) is 8.32. The highest BCUT2D eigenvalue weighted by molar-refractivity contribution is 5.92. The zero-order valence-corrected chi connectivity index (χ0v) is 15.2. The maximum atomic E-state index is 12.6. The van der Waals surface area contributed by atoms with E-state index in [1.54, 1.807) is 0 Å². The molecule has 144 valence electrons. The zero-order chi connectivity index (χ0) is 19.7. The Labute approximate surface area is 152 Å². The highest BCUT2D eigenvalue weighted by atomic mass is 16.5. The lowest BCUT2D eigenvalue weighted by Crippen LogP contribution is -2.52. The Balaban J connectivity index is 2.95. The molecule has 0 saturated heterocycles. The summed E-state index contributed by atoms with van der Waals surface area (Å²) < 4.78 is 0. The van der Waals surface area contributed by atoms with Crippen LogP contribution in [-0.4, -0.2) is 47.2 Å². The van der Waals surface area contributed by atoms with Crippen molar-refractivity contribution in [2.24, 2.45) is 11.8 Å². The molecule has 3 atom stereocenters. The van der Waals surface area contributed by atoms with Gasteiger partial charge in [-0.15, -0.1) is 0 Å². The Morgan fingerprint density at radius 2 is 1.65 bits per heavy atom. The van der Waals surface area contributed by atoms with E-state index in [0.717, 1.165) is 5.56 Å². The van der Waals surface area contributed by atoms with Crippen LogP contribution in [0.15, 0.2) is 30.3 Å². The standard InChI is InChI=1S/C18H27N3O5/c1-11(2)9-13(15(22)18(25)21-26)16(23)20-14(17(24)19-3)10-12-7-5-4-6-8-12/h4-8,11,13-15,22,26H,9-10H2,1-3H3,(H,19,24)(H,20,23)(H,21,25)/t13-,14?,15+/m1/s1. The largest absolute Gasteiger partial charge is 0.382 e. The second kappa shape index (κ2) is 10.5. The second-order valence-corrected chi connectivity index (χ2v) is 6.52. The van der Waals surface area contributed by atoms with Gasteiger partial charge in [-0.05, 0) is 17.9 Å². The predicted octanol–water partition coefficient (Wildman–Crippen LogP) is -0.0115. The SMILES string of the molecule is CNC(=O)C(Cc1ccccc1)NC(=O)[C@H](CC(C)C)[C@H](O)C(=O)NO. The summed E-state index contributed by atoms with van der Waals surface area (Å²) in [6.07, 6.45) is -1.24. The van der Waals surface area contributed by atoms with Crippen LogP contribution < -0.4 is 16.1 Å². The van der Waals surface area contributed by atoms with E-state index < -0.39 is 29.9 Å². The molecular weight excluding hydrogens is 338 g/mol. The minimum atomic E-state index is -1.72. The minimum Gasteiger partial charge on any atom is -0.382 e. The Morgan fingerprint density at radius 1 is 1.04 bits per heavy atom. The molecular formula is C18H27N3O5. The van der Waals surface area contributed by atoms with Gasteiger partial charge < -0.3 is 15.7 Å². The molecule has 0 saturated carbocycles. The second-order valence-electron chi connectivity index (χ2n) is 6.52. The molecule has 0 aliphatic carbocycles. The number of benzene rings is 1. The molecule has 1 aromatic carbocycles. The molecule has 0 spiro atoms. The molecule has 0 aromatic heterocycles. The number of hydrogen-bond acceptors (Lipinski definition) is 5. The Morgan fingerprint density at radius 3 is 2.15 bits per heavy atom. The molecule has 1 rings (SSSR count). The maximum absolute atomic E-state index is 12.6. The first-order chi connectivity index (χ1) is 12.3. The fraction of sp³-hybridized carbons (Fsp3) is 0.500. The highest BCUT2D eigenvalue weighted by Crippen LogP contribution is 2.17. The number of likely N-dealkylation sites (N-methyl/N-ethyl adjacent to an activating group) is 1. The van der Waals surface area contributed by atoms with Gasteiger partial charge in [0.1, 0.15) is 12.1 Å². The number of hydrogen-bond donors (Lipinski definition) is 5. The molecule has 0 aliphatic rings. The summed E-state index contributed by atoms with van der Waals surface area (Å²) in [5, 5.41) is 23.9. The van der Waals surface area contributed by atoms with Gasteiger partial charge >= 0.3 is 0 Å². The molecule has 3 amide bonds. The fourth-order valence-electron chi connectivity index (χ4n) is 2.65. The molecule has 0 heterocycles. The van der Waals surface area contributed by atoms with Crippen LogP contribution in [0, 0.1) is 11.8 Å². The van der Waals surface area contributed by atoms with Gasteiger partial charge in [0, 0.05) is 13.5 Å². The van der Waals surface area contributed by atoms with Crippen LogP contribution in [0.4, 0.5) is 0 Å². The van der Waals surface area contributed by atoms with Crippen LogP contribution >= 0.6 is 0 Å². The zero-order valence-electron chi connectivity index (χ0n) is 15.2. The van der Waals surface area contributed by atoms with Crippen LogP contribution in [-0.2, 0) is 20.8 Å². The van der Waals surface area contributed by atoms with Gasteiger partial charge in [0.2, 0.25) is 11.8 Å². The highest BCUT2D eigenvalue weighted by Gasteiger charge is 2.34. The average Bonchev–Trinajstić information content (AvgIpc) is 2.64. The number of aliphatic hydroxyl groups is 1. The van der Waals surface area contributed by atoms with Crippen LogP contribution in [0.25, 0.3) is 0 Å². The number of hydroxylamine groups is 1. The lowest BCUT2D eigenvalue weighted by Gasteiger charge is -2.25. The van der Waals surface area contributed by atoms with Gasteiger partial charge in [-0.1, -0.05) is 44.2 Å². The monoisotopic (exact) mass is 365 g/mol. The third kappa shape index (κ3) is 6.45. The fourth-order valence-corrected chi connectivity index (χ4v) is 2.65. The smallest absolute Gasteiger partial charge is 0.272 e. The quantitative estimate of drug-likeness (QED) is 0.311. The normalized spacial score (nSPS) is 14.2. The number of carbonyl (C=O) groups is 3. The molecule has 1 aromatic rings. The third-order valence-electron chi connectivity index (χ3n) is 3.98. The lowest BCUT2D eigenvalue weighted by atomic mass is 9.90. The summed E-state index contributed by atoms with van der Waals surface area (Å²) in [6.45, 7) is 3.67. The van der Waals surface area contributed by atoms with E-state index in [1.807, 2.05) is 44.2 Å². The van der Waals surface area contributed by atoms with Gasteiger partial charge in [-0.2, -0.15) is 0 Å². The lowest BCUT2D eigenvalue weighted by molar-refractivity contribution is -0.147. The molecule has 0 fully saturated rings. The summed E-state index contributed by atoms with van der Waals surface area (Å²) >= 11 is 0. The minimum absolute atomic E-state index is 0.0134. The van der Waals surface area contributed by atoms with Gasteiger partial charge in [-0.25, -0.2) is 5.48 Å². The Hall–Kier alpha value is -2.45. The van der Waals surface area contributed by atoms with Crippen LogP contribution in [0.2, 0.25) is 0 Å². The van der Waals surface area contributed by atoms with Crippen molar-refractivity contribution < 1.29 is 24.7 Å². The van der Waals surface area contributed by atoms with Crippen LogP contribution in [0.1, 0.15) is 25.8 Å². The van der Waals surface area contributed by atoms with Crippen LogP contribution in [0.3, 0.4) is 0 Å². The number of nitrogens with one attached hydrogen (secondary N) is 3. The molecule has 0 radical (unpaired) electrons. The van der Waals surface area contributed by atoms with Gasteiger partial charge in [0.05, 0.1) is 5.92 Å². The summed E-state index contributed by atoms with van der Waals surface area (Å²) in [7, 11) is 1.46. The molecule has 1 unspecified atom stereocenters. The maximum Gasteiger partial charge on any atom is 0.272 e. The van der Waals surface area contributed by atoms with Gasteiger partial charge in [0.15, 0.2) is 0 Å². The van der Waals surface area contributed by atoms with E-state index >= 15 is 0 Å². The first kappa shape index (κ1) is 21.6. The van der Waals surface area contributed by atoms with Gasteiger partial charge in [-0.3, -0.25) is 19.6 Å². The molecule has 8 nitrogen and oxygen atoms in total. The van der Waals surface area contributed by atoms with Crippen molar-refractivity contribution in [2.75, 3.05) is 7.05 Å². The number of aliphatic hydroxyl groups excluding tert-OH is 1. The Bertz CT molecular complexity index is 606. The van der Waals surface area contributed by atoms with E-state index in [1.165, 1.54) is 12.5 Å². The third-order valence-corrected chi connectivity index (χ3v) is 3.98. The summed E-state index contributed by atoms with van der Waals surface area (Å²) in [5.74, 6) is -3.15. The molecule has 0 bridgehead atoms. The molecule has 8 heteroatoms. The number of carbonyl (C=O) groups excluding carboxylic acids is 3.